The molecule has 19 heavy (non-hydrogen) atoms. The topological polar surface area (TPSA) is 54.0 Å². The summed E-state index contributed by atoms with van der Waals surface area (Å²) in [5, 5.41) is 7.32. The minimum atomic E-state index is 0.0627. The van der Waals surface area contributed by atoms with E-state index < -0.39 is 0 Å². The summed E-state index contributed by atoms with van der Waals surface area (Å²) in [5.74, 6) is 0.151. The summed E-state index contributed by atoms with van der Waals surface area (Å²) in [6, 6.07) is 9.75. The monoisotopic (exact) mass is 255 g/mol. The van der Waals surface area contributed by atoms with Crippen LogP contribution < -0.4 is 10.6 Å². The molecule has 1 amide bonds. The number of nitrogens with zero attached hydrogens (tertiary/aromatic N) is 1. The quantitative estimate of drug-likeness (QED) is 0.864. The van der Waals surface area contributed by atoms with Crippen molar-refractivity contribution in [3.8, 4) is 0 Å². The molecule has 0 saturated carbocycles. The summed E-state index contributed by atoms with van der Waals surface area (Å²) < 4.78 is 0. The zero-order valence-corrected chi connectivity index (χ0v) is 10.7. The lowest BCUT2D eigenvalue weighted by molar-refractivity contribution is -0.120. The van der Waals surface area contributed by atoms with Gasteiger partial charge in [0.25, 0.3) is 0 Å². The Kier molecular flexibility index (Phi) is 3.42. The number of benzene rings is 1. The van der Waals surface area contributed by atoms with Crippen molar-refractivity contribution in [2.45, 2.75) is 12.8 Å². The molecule has 0 bridgehead atoms. The smallest absolute Gasteiger partial charge is 0.228 e. The molecule has 1 aliphatic rings. The minimum Gasteiger partial charge on any atom is -0.324 e. The molecule has 0 aliphatic carbocycles. The molecule has 0 unspecified atom stereocenters. The highest BCUT2D eigenvalue weighted by atomic mass is 16.1. The predicted octanol–water partition coefficient (Wildman–Crippen LogP) is 2.17. The van der Waals surface area contributed by atoms with Crippen LogP contribution in [-0.4, -0.2) is 24.0 Å². The number of fused-ring (bicyclic) bond motifs is 1. The van der Waals surface area contributed by atoms with E-state index in [1.54, 1.807) is 6.20 Å². The van der Waals surface area contributed by atoms with Crippen LogP contribution in [0.25, 0.3) is 10.9 Å². The molecule has 2 N–H and O–H groups in total. The van der Waals surface area contributed by atoms with Crippen LogP contribution in [0, 0.1) is 5.92 Å². The number of hydrogen-bond acceptors (Lipinski definition) is 3. The molecule has 2 aromatic rings. The predicted molar refractivity (Wildman–Crippen MR) is 76.0 cm³/mol. The maximum atomic E-state index is 12.2. The fraction of sp³-hybridized carbons (Fsp3) is 0.333. The van der Waals surface area contributed by atoms with E-state index in [9.17, 15) is 4.79 Å². The Morgan fingerprint density at radius 1 is 1.32 bits per heavy atom. The Bertz CT molecular complexity index is 585. The van der Waals surface area contributed by atoms with Gasteiger partial charge in [-0.15, -0.1) is 0 Å². The second-order valence-electron chi connectivity index (χ2n) is 4.91. The van der Waals surface area contributed by atoms with Crippen LogP contribution in [0.3, 0.4) is 0 Å². The van der Waals surface area contributed by atoms with Crippen LogP contribution >= 0.6 is 0 Å². The van der Waals surface area contributed by atoms with E-state index in [4.69, 9.17) is 0 Å². The Morgan fingerprint density at radius 2 is 2.21 bits per heavy atom. The van der Waals surface area contributed by atoms with Crippen LogP contribution in [0.1, 0.15) is 12.8 Å². The molecule has 1 saturated heterocycles. The molecule has 4 nitrogen and oxygen atoms in total. The third-order valence-corrected chi connectivity index (χ3v) is 3.56. The van der Waals surface area contributed by atoms with Gasteiger partial charge in [0.2, 0.25) is 5.91 Å². The molecule has 1 aromatic heterocycles. The van der Waals surface area contributed by atoms with Crippen LogP contribution in [0.5, 0.6) is 0 Å². The fourth-order valence-electron chi connectivity index (χ4n) is 2.52. The van der Waals surface area contributed by atoms with E-state index in [0.717, 1.165) is 42.5 Å². The van der Waals surface area contributed by atoms with Gasteiger partial charge >= 0.3 is 0 Å². The summed E-state index contributed by atoms with van der Waals surface area (Å²) in [7, 11) is 0. The molecule has 1 aliphatic heterocycles. The Balaban J connectivity index is 1.82. The number of carbonyl (C=O) groups is 1. The lowest BCUT2D eigenvalue weighted by Gasteiger charge is -2.22. The molecule has 4 heteroatoms. The van der Waals surface area contributed by atoms with Crippen molar-refractivity contribution in [3.05, 3.63) is 36.5 Å². The normalized spacial score (nSPS) is 19.3. The van der Waals surface area contributed by atoms with E-state index in [1.807, 2.05) is 30.3 Å². The second kappa shape index (κ2) is 5.36. The van der Waals surface area contributed by atoms with Crippen molar-refractivity contribution < 1.29 is 4.79 Å². The third-order valence-electron chi connectivity index (χ3n) is 3.56. The van der Waals surface area contributed by atoms with Gasteiger partial charge in [0.15, 0.2) is 0 Å². The number of hydrogen-bond donors (Lipinski definition) is 2. The SMILES string of the molecule is O=C(Nc1cccc2cccnc12)[C@@H]1CCCNC1. The first-order valence-electron chi connectivity index (χ1n) is 6.70. The van der Waals surface area contributed by atoms with E-state index in [1.165, 1.54) is 0 Å². The summed E-state index contributed by atoms with van der Waals surface area (Å²) in [5.41, 5.74) is 1.65. The highest BCUT2D eigenvalue weighted by molar-refractivity contribution is 6.01. The van der Waals surface area contributed by atoms with Crippen molar-refractivity contribution >= 4 is 22.5 Å². The van der Waals surface area contributed by atoms with E-state index in [0.29, 0.717) is 0 Å². The lowest BCUT2D eigenvalue weighted by Crippen LogP contribution is -2.37. The first-order valence-corrected chi connectivity index (χ1v) is 6.70. The van der Waals surface area contributed by atoms with Crippen LogP contribution in [0.4, 0.5) is 5.69 Å². The Hall–Kier alpha value is -1.94. The van der Waals surface area contributed by atoms with E-state index >= 15 is 0 Å². The van der Waals surface area contributed by atoms with E-state index in [-0.39, 0.29) is 11.8 Å². The lowest BCUT2D eigenvalue weighted by atomic mass is 9.98. The maximum absolute atomic E-state index is 12.2. The van der Waals surface area contributed by atoms with Gasteiger partial charge in [0.1, 0.15) is 0 Å². The summed E-state index contributed by atoms with van der Waals surface area (Å²) >= 11 is 0. The number of amides is 1. The Morgan fingerprint density at radius 3 is 3.05 bits per heavy atom. The molecular formula is C15H17N3O. The number of carbonyl (C=O) groups excluding carboxylic acids is 1. The average Bonchev–Trinajstić information content (AvgIpc) is 2.48. The number of rotatable bonds is 2. The van der Waals surface area contributed by atoms with Crippen molar-refractivity contribution in [2.24, 2.45) is 5.92 Å². The van der Waals surface area contributed by atoms with Gasteiger partial charge in [-0.2, -0.15) is 0 Å². The number of piperidine rings is 1. The second-order valence-corrected chi connectivity index (χ2v) is 4.91. The standard InChI is InChI=1S/C15H17N3O/c19-15(12-6-2-8-16-10-12)18-13-7-1-4-11-5-3-9-17-14(11)13/h1,3-5,7,9,12,16H,2,6,8,10H2,(H,18,19)/t12-/m1/s1. The summed E-state index contributed by atoms with van der Waals surface area (Å²) in [6.07, 6.45) is 3.77. The van der Waals surface area contributed by atoms with E-state index in [2.05, 4.69) is 15.6 Å². The minimum absolute atomic E-state index is 0.0627. The number of anilines is 1. The van der Waals surface area contributed by atoms with Crippen LogP contribution in [-0.2, 0) is 4.79 Å². The van der Waals surface area contributed by atoms with Gasteiger partial charge in [-0.3, -0.25) is 9.78 Å². The zero-order valence-electron chi connectivity index (χ0n) is 10.7. The molecule has 1 fully saturated rings. The molecule has 0 radical (unpaired) electrons. The van der Waals surface area contributed by atoms with Crippen molar-refractivity contribution in [1.29, 1.82) is 0 Å². The number of para-hydroxylation sites is 1. The van der Waals surface area contributed by atoms with Crippen molar-refractivity contribution in [3.63, 3.8) is 0 Å². The number of nitrogens with one attached hydrogen (secondary N) is 2. The molecule has 1 atom stereocenters. The van der Waals surface area contributed by atoms with Gasteiger partial charge in [0.05, 0.1) is 17.1 Å². The maximum Gasteiger partial charge on any atom is 0.228 e. The average molecular weight is 255 g/mol. The zero-order chi connectivity index (χ0) is 13.1. The highest BCUT2D eigenvalue weighted by Gasteiger charge is 2.21. The molecule has 1 aromatic carbocycles. The molecule has 2 heterocycles. The molecular weight excluding hydrogens is 238 g/mol. The van der Waals surface area contributed by atoms with Gasteiger partial charge in [-0.1, -0.05) is 18.2 Å². The summed E-state index contributed by atoms with van der Waals surface area (Å²) in [6.45, 7) is 1.78. The fourth-order valence-corrected chi connectivity index (χ4v) is 2.52. The van der Waals surface area contributed by atoms with Gasteiger partial charge in [-0.25, -0.2) is 0 Å². The number of aromatic nitrogens is 1. The van der Waals surface area contributed by atoms with Gasteiger partial charge in [0, 0.05) is 18.1 Å². The molecule has 98 valence electrons. The first kappa shape index (κ1) is 12.1. The van der Waals surface area contributed by atoms with Crippen LogP contribution in [0.15, 0.2) is 36.5 Å². The van der Waals surface area contributed by atoms with Crippen molar-refractivity contribution in [1.82, 2.24) is 10.3 Å². The number of pyridine rings is 1. The largest absolute Gasteiger partial charge is 0.324 e. The molecule has 0 spiro atoms. The Labute approximate surface area is 112 Å². The van der Waals surface area contributed by atoms with Gasteiger partial charge < -0.3 is 10.6 Å². The van der Waals surface area contributed by atoms with Gasteiger partial charge in [-0.05, 0) is 31.5 Å². The summed E-state index contributed by atoms with van der Waals surface area (Å²) in [4.78, 5) is 16.6. The van der Waals surface area contributed by atoms with Crippen molar-refractivity contribution in [2.75, 3.05) is 18.4 Å². The highest BCUT2D eigenvalue weighted by Crippen LogP contribution is 2.22. The third kappa shape index (κ3) is 2.58. The first-order chi connectivity index (χ1) is 9.34. The van der Waals surface area contributed by atoms with Crippen LogP contribution in [0.2, 0.25) is 0 Å². The molecule has 3 rings (SSSR count).